The van der Waals surface area contributed by atoms with Crippen LogP contribution in [0.1, 0.15) is 24.1 Å². The van der Waals surface area contributed by atoms with E-state index in [0.717, 1.165) is 28.4 Å². The smallest absolute Gasteiger partial charge is 0.255 e. The number of aromatic nitrogens is 2. The Morgan fingerprint density at radius 3 is 2.76 bits per heavy atom. The Labute approximate surface area is 122 Å². The molecular formula is C17H17N3O. The van der Waals surface area contributed by atoms with Gasteiger partial charge in [-0.25, -0.2) is 0 Å². The first-order chi connectivity index (χ1) is 10.3. The van der Waals surface area contributed by atoms with Crippen LogP contribution < -0.4 is 10.9 Å². The third-order valence-electron chi connectivity index (χ3n) is 3.64. The SMILES string of the molecule is CC(NCc1cccnc1)c1c[nH]c(=O)c2ccccc12. The Morgan fingerprint density at radius 1 is 1.19 bits per heavy atom. The summed E-state index contributed by atoms with van der Waals surface area (Å²) in [7, 11) is 0. The molecule has 21 heavy (non-hydrogen) atoms. The van der Waals surface area contributed by atoms with E-state index in [-0.39, 0.29) is 11.6 Å². The van der Waals surface area contributed by atoms with Crippen molar-refractivity contribution < 1.29 is 0 Å². The topological polar surface area (TPSA) is 57.8 Å². The van der Waals surface area contributed by atoms with Crippen molar-refractivity contribution >= 4 is 10.8 Å². The van der Waals surface area contributed by atoms with Crippen molar-refractivity contribution in [3.63, 3.8) is 0 Å². The number of benzene rings is 1. The van der Waals surface area contributed by atoms with Gasteiger partial charge in [0, 0.05) is 36.6 Å². The predicted molar refractivity (Wildman–Crippen MR) is 84.1 cm³/mol. The molecule has 0 aliphatic carbocycles. The lowest BCUT2D eigenvalue weighted by molar-refractivity contribution is 0.575. The van der Waals surface area contributed by atoms with Gasteiger partial charge < -0.3 is 10.3 Å². The molecule has 2 aromatic heterocycles. The van der Waals surface area contributed by atoms with Crippen molar-refractivity contribution in [1.29, 1.82) is 0 Å². The van der Waals surface area contributed by atoms with E-state index in [1.165, 1.54) is 0 Å². The second kappa shape index (κ2) is 5.89. The molecule has 0 amide bonds. The van der Waals surface area contributed by atoms with Crippen LogP contribution >= 0.6 is 0 Å². The van der Waals surface area contributed by atoms with Gasteiger partial charge in [-0.15, -0.1) is 0 Å². The molecule has 2 N–H and O–H groups in total. The van der Waals surface area contributed by atoms with Crippen molar-refractivity contribution in [3.05, 3.63) is 76.5 Å². The maximum absolute atomic E-state index is 11.8. The molecule has 0 spiro atoms. The first-order valence-corrected chi connectivity index (χ1v) is 6.98. The summed E-state index contributed by atoms with van der Waals surface area (Å²) in [6, 6.07) is 11.8. The molecule has 1 aromatic carbocycles. The number of hydrogen-bond donors (Lipinski definition) is 2. The van der Waals surface area contributed by atoms with E-state index in [1.807, 2.05) is 42.6 Å². The van der Waals surface area contributed by atoms with Crippen molar-refractivity contribution in [1.82, 2.24) is 15.3 Å². The fourth-order valence-corrected chi connectivity index (χ4v) is 2.47. The highest BCUT2D eigenvalue weighted by atomic mass is 16.1. The predicted octanol–water partition coefficient (Wildman–Crippen LogP) is 2.77. The van der Waals surface area contributed by atoms with Crippen LogP contribution in [0.5, 0.6) is 0 Å². The zero-order valence-corrected chi connectivity index (χ0v) is 11.8. The second-order valence-corrected chi connectivity index (χ2v) is 5.08. The minimum atomic E-state index is -0.0474. The van der Waals surface area contributed by atoms with Gasteiger partial charge in [0.25, 0.3) is 5.56 Å². The van der Waals surface area contributed by atoms with E-state index in [0.29, 0.717) is 0 Å². The molecule has 2 heterocycles. The van der Waals surface area contributed by atoms with Gasteiger partial charge in [0.05, 0.1) is 0 Å². The number of nitrogens with zero attached hydrogens (tertiary/aromatic N) is 1. The minimum absolute atomic E-state index is 0.0474. The quantitative estimate of drug-likeness (QED) is 0.772. The summed E-state index contributed by atoms with van der Waals surface area (Å²) in [5.74, 6) is 0. The number of hydrogen-bond acceptors (Lipinski definition) is 3. The summed E-state index contributed by atoms with van der Waals surface area (Å²) in [4.78, 5) is 18.8. The first-order valence-electron chi connectivity index (χ1n) is 6.98. The van der Waals surface area contributed by atoms with E-state index < -0.39 is 0 Å². The summed E-state index contributed by atoms with van der Waals surface area (Å²) >= 11 is 0. The highest BCUT2D eigenvalue weighted by Crippen LogP contribution is 2.21. The van der Waals surface area contributed by atoms with Crippen LogP contribution in [-0.4, -0.2) is 9.97 Å². The number of nitrogens with one attached hydrogen (secondary N) is 2. The van der Waals surface area contributed by atoms with Gasteiger partial charge in [-0.3, -0.25) is 9.78 Å². The number of H-pyrrole nitrogens is 1. The highest BCUT2D eigenvalue weighted by Gasteiger charge is 2.10. The lowest BCUT2D eigenvalue weighted by atomic mass is 10.0. The number of aromatic amines is 1. The van der Waals surface area contributed by atoms with Gasteiger partial charge in [0.2, 0.25) is 0 Å². The molecule has 0 saturated heterocycles. The molecule has 0 bridgehead atoms. The molecule has 0 radical (unpaired) electrons. The van der Waals surface area contributed by atoms with Crippen LogP contribution in [-0.2, 0) is 6.54 Å². The Morgan fingerprint density at radius 2 is 2.00 bits per heavy atom. The van der Waals surface area contributed by atoms with Gasteiger partial charge in [0.1, 0.15) is 0 Å². The van der Waals surface area contributed by atoms with E-state index in [4.69, 9.17) is 0 Å². The summed E-state index contributed by atoms with van der Waals surface area (Å²) in [5.41, 5.74) is 2.18. The van der Waals surface area contributed by atoms with Crippen molar-refractivity contribution in [2.24, 2.45) is 0 Å². The normalized spacial score (nSPS) is 12.4. The maximum Gasteiger partial charge on any atom is 0.255 e. The third kappa shape index (κ3) is 2.85. The largest absolute Gasteiger partial charge is 0.328 e. The number of fused-ring (bicyclic) bond motifs is 1. The molecule has 3 rings (SSSR count). The lowest BCUT2D eigenvalue weighted by Crippen LogP contribution is -2.20. The van der Waals surface area contributed by atoms with Gasteiger partial charge in [-0.05, 0) is 35.6 Å². The summed E-state index contributed by atoms with van der Waals surface area (Å²) in [6.45, 7) is 2.83. The summed E-state index contributed by atoms with van der Waals surface area (Å²) in [5, 5.41) is 5.18. The van der Waals surface area contributed by atoms with Crippen molar-refractivity contribution in [2.45, 2.75) is 19.5 Å². The molecule has 4 nitrogen and oxygen atoms in total. The average molecular weight is 279 g/mol. The Kier molecular flexibility index (Phi) is 3.79. The van der Waals surface area contributed by atoms with Crippen LogP contribution in [0.2, 0.25) is 0 Å². The lowest BCUT2D eigenvalue weighted by Gasteiger charge is -2.16. The highest BCUT2D eigenvalue weighted by molar-refractivity contribution is 5.84. The molecule has 106 valence electrons. The molecule has 3 aromatic rings. The molecular weight excluding hydrogens is 262 g/mol. The summed E-state index contributed by atoms with van der Waals surface area (Å²) in [6.07, 6.45) is 5.42. The van der Waals surface area contributed by atoms with Crippen LogP contribution in [0.3, 0.4) is 0 Å². The van der Waals surface area contributed by atoms with E-state index >= 15 is 0 Å². The third-order valence-corrected chi connectivity index (χ3v) is 3.64. The monoisotopic (exact) mass is 279 g/mol. The van der Waals surface area contributed by atoms with E-state index in [2.05, 4.69) is 22.2 Å². The molecule has 0 fully saturated rings. The first kappa shape index (κ1) is 13.5. The number of pyridine rings is 2. The Bertz CT molecular complexity index is 796. The average Bonchev–Trinajstić information content (AvgIpc) is 2.54. The standard InChI is InChI=1S/C17H17N3O/c1-12(19-10-13-5-4-8-18-9-13)16-11-20-17(21)15-7-3-2-6-14(15)16/h2-9,11-12,19H,10H2,1H3,(H,20,21). The van der Waals surface area contributed by atoms with Crippen molar-refractivity contribution in [3.8, 4) is 0 Å². The number of rotatable bonds is 4. The Balaban J connectivity index is 1.87. The van der Waals surface area contributed by atoms with Crippen LogP contribution in [0.15, 0.2) is 59.8 Å². The van der Waals surface area contributed by atoms with Gasteiger partial charge >= 0.3 is 0 Å². The fourth-order valence-electron chi connectivity index (χ4n) is 2.47. The fraction of sp³-hybridized carbons (Fsp3) is 0.176. The van der Waals surface area contributed by atoms with Crippen LogP contribution in [0, 0.1) is 0 Å². The molecule has 0 aliphatic rings. The summed E-state index contributed by atoms with van der Waals surface area (Å²) < 4.78 is 0. The molecule has 1 atom stereocenters. The van der Waals surface area contributed by atoms with Crippen LogP contribution in [0.4, 0.5) is 0 Å². The maximum atomic E-state index is 11.8. The second-order valence-electron chi connectivity index (χ2n) is 5.08. The molecule has 0 saturated carbocycles. The van der Waals surface area contributed by atoms with E-state index in [1.54, 1.807) is 12.4 Å². The van der Waals surface area contributed by atoms with Crippen molar-refractivity contribution in [2.75, 3.05) is 0 Å². The van der Waals surface area contributed by atoms with E-state index in [9.17, 15) is 4.79 Å². The van der Waals surface area contributed by atoms with Crippen LogP contribution in [0.25, 0.3) is 10.8 Å². The zero-order chi connectivity index (χ0) is 14.7. The molecule has 1 unspecified atom stereocenters. The minimum Gasteiger partial charge on any atom is -0.328 e. The molecule has 0 aliphatic heterocycles. The van der Waals surface area contributed by atoms with Gasteiger partial charge in [-0.2, -0.15) is 0 Å². The zero-order valence-electron chi connectivity index (χ0n) is 11.8. The Hall–Kier alpha value is -2.46. The van der Waals surface area contributed by atoms with Gasteiger partial charge in [-0.1, -0.05) is 24.3 Å². The molecule has 4 heteroatoms. The van der Waals surface area contributed by atoms with Gasteiger partial charge in [0.15, 0.2) is 0 Å².